The van der Waals surface area contributed by atoms with Crippen LogP contribution in [0.5, 0.6) is 5.75 Å². The van der Waals surface area contributed by atoms with Gasteiger partial charge in [-0.25, -0.2) is 0 Å². The van der Waals surface area contributed by atoms with Gasteiger partial charge in [0.25, 0.3) is 5.91 Å². The Balaban J connectivity index is 1.80. The lowest BCUT2D eigenvalue weighted by atomic mass is 9.89. The molecule has 1 unspecified atom stereocenters. The Morgan fingerprint density at radius 1 is 1.50 bits per heavy atom. The summed E-state index contributed by atoms with van der Waals surface area (Å²) in [5.74, 6) is 0.303. The van der Waals surface area contributed by atoms with Crippen molar-refractivity contribution >= 4 is 28.2 Å². The van der Waals surface area contributed by atoms with E-state index in [1.54, 1.807) is 12.2 Å². The van der Waals surface area contributed by atoms with E-state index in [4.69, 9.17) is 15.3 Å². The number of carbonyl (C=O) groups is 2. The summed E-state index contributed by atoms with van der Waals surface area (Å²) in [5.41, 5.74) is 5.97. The molecule has 2 amide bonds. The summed E-state index contributed by atoms with van der Waals surface area (Å²) >= 11 is 1.43. The van der Waals surface area contributed by atoms with Crippen LogP contribution in [-0.4, -0.2) is 47.6 Å². The fraction of sp³-hybridized carbons (Fsp3) is 0.571. The summed E-state index contributed by atoms with van der Waals surface area (Å²) in [5, 5.41) is 4.20. The van der Waals surface area contributed by atoms with Crippen molar-refractivity contribution in [3.8, 4) is 5.75 Å². The number of amides is 2. The maximum absolute atomic E-state index is 12.8. The second-order valence-corrected chi connectivity index (χ2v) is 6.60. The van der Waals surface area contributed by atoms with E-state index in [1.807, 2.05) is 12.3 Å². The van der Waals surface area contributed by atoms with Crippen LogP contribution in [0.1, 0.15) is 25.3 Å². The summed E-state index contributed by atoms with van der Waals surface area (Å²) in [6.07, 6.45) is 0.746. The molecule has 22 heavy (non-hydrogen) atoms. The SMILES string of the molecule is COCCN1C(=O)CCC(C)(N2Cc3c(csc3N)O2)C1=O. The summed E-state index contributed by atoms with van der Waals surface area (Å²) in [7, 11) is 1.54. The second-order valence-electron chi connectivity index (χ2n) is 5.69. The van der Waals surface area contributed by atoms with Crippen molar-refractivity contribution in [2.75, 3.05) is 26.0 Å². The molecule has 0 aliphatic carbocycles. The molecule has 8 heteroatoms. The first-order chi connectivity index (χ1) is 10.5. The molecular weight excluding hydrogens is 306 g/mol. The van der Waals surface area contributed by atoms with Gasteiger partial charge in [-0.3, -0.25) is 14.5 Å². The number of nitrogen functional groups attached to an aromatic ring is 1. The van der Waals surface area contributed by atoms with Crippen LogP contribution in [0.2, 0.25) is 0 Å². The van der Waals surface area contributed by atoms with Crippen molar-refractivity contribution in [2.24, 2.45) is 0 Å². The van der Waals surface area contributed by atoms with Crippen molar-refractivity contribution < 1.29 is 19.2 Å². The van der Waals surface area contributed by atoms with Gasteiger partial charge in [-0.2, -0.15) is 0 Å². The Kier molecular flexibility index (Phi) is 3.84. The third-order valence-corrected chi connectivity index (χ3v) is 5.13. The maximum Gasteiger partial charge on any atom is 0.252 e. The van der Waals surface area contributed by atoms with Gasteiger partial charge in [-0.1, -0.05) is 0 Å². The van der Waals surface area contributed by atoms with Crippen LogP contribution < -0.4 is 10.6 Å². The Morgan fingerprint density at radius 3 is 2.95 bits per heavy atom. The number of rotatable bonds is 4. The van der Waals surface area contributed by atoms with Crippen LogP contribution in [0, 0.1) is 0 Å². The molecule has 3 heterocycles. The van der Waals surface area contributed by atoms with Crippen LogP contribution in [-0.2, 0) is 20.9 Å². The number of carbonyl (C=O) groups excluding carboxylic acids is 2. The minimum Gasteiger partial charge on any atom is -0.403 e. The number of hydrogen-bond acceptors (Lipinski definition) is 7. The lowest BCUT2D eigenvalue weighted by molar-refractivity contribution is -0.183. The predicted octanol–water partition coefficient (Wildman–Crippen LogP) is 0.994. The molecule has 1 saturated heterocycles. The predicted molar refractivity (Wildman–Crippen MR) is 81.1 cm³/mol. The molecule has 1 atom stereocenters. The molecule has 120 valence electrons. The molecule has 7 nitrogen and oxygen atoms in total. The average Bonchev–Trinajstić information content (AvgIpc) is 3.06. The van der Waals surface area contributed by atoms with Crippen molar-refractivity contribution in [3.63, 3.8) is 0 Å². The third kappa shape index (κ3) is 2.27. The molecule has 0 aromatic carbocycles. The molecule has 3 rings (SSSR count). The van der Waals surface area contributed by atoms with E-state index in [1.165, 1.54) is 16.2 Å². The number of likely N-dealkylation sites (tertiary alicyclic amines) is 1. The van der Waals surface area contributed by atoms with Gasteiger partial charge < -0.3 is 15.3 Å². The number of hydrogen-bond donors (Lipinski definition) is 1. The quantitative estimate of drug-likeness (QED) is 0.831. The number of thiophene rings is 1. The van der Waals surface area contributed by atoms with E-state index >= 15 is 0 Å². The molecule has 2 N–H and O–H groups in total. The van der Waals surface area contributed by atoms with E-state index in [0.717, 1.165) is 5.56 Å². The highest BCUT2D eigenvalue weighted by atomic mass is 32.1. The molecule has 1 aromatic heterocycles. The van der Waals surface area contributed by atoms with Gasteiger partial charge in [-0.15, -0.1) is 16.4 Å². The molecule has 1 fully saturated rings. The first-order valence-electron chi connectivity index (χ1n) is 7.12. The van der Waals surface area contributed by atoms with E-state index in [-0.39, 0.29) is 18.4 Å². The lowest BCUT2D eigenvalue weighted by Crippen LogP contribution is -2.62. The van der Waals surface area contributed by atoms with E-state index in [0.29, 0.717) is 36.7 Å². The molecular formula is C14H19N3O4S. The number of nitrogens with two attached hydrogens (primary N) is 1. The zero-order chi connectivity index (χ0) is 15.9. The number of methoxy groups -OCH3 is 1. The number of ether oxygens (including phenoxy) is 1. The van der Waals surface area contributed by atoms with Gasteiger partial charge in [0.15, 0.2) is 5.75 Å². The number of nitrogens with zero attached hydrogens (tertiary/aromatic N) is 2. The Labute approximate surface area is 132 Å². The first kappa shape index (κ1) is 15.3. The van der Waals surface area contributed by atoms with Crippen molar-refractivity contribution in [3.05, 3.63) is 10.9 Å². The Hall–Kier alpha value is -1.64. The highest BCUT2D eigenvalue weighted by Crippen LogP contribution is 2.42. The van der Waals surface area contributed by atoms with Gasteiger partial charge in [0.05, 0.1) is 24.7 Å². The smallest absolute Gasteiger partial charge is 0.252 e. The number of fused-ring (bicyclic) bond motifs is 1. The van der Waals surface area contributed by atoms with E-state index < -0.39 is 5.54 Å². The number of piperidine rings is 1. The fourth-order valence-electron chi connectivity index (χ4n) is 2.82. The lowest BCUT2D eigenvalue weighted by Gasteiger charge is -2.42. The Morgan fingerprint density at radius 2 is 2.27 bits per heavy atom. The zero-order valence-electron chi connectivity index (χ0n) is 12.6. The zero-order valence-corrected chi connectivity index (χ0v) is 13.4. The maximum atomic E-state index is 12.8. The normalized spacial score (nSPS) is 25.5. The van der Waals surface area contributed by atoms with Crippen molar-refractivity contribution in [2.45, 2.75) is 31.8 Å². The molecule has 2 aliphatic heterocycles. The molecule has 0 spiro atoms. The van der Waals surface area contributed by atoms with Crippen LogP contribution in [0.25, 0.3) is 0 Å². The van der Waals surface area contributed by atoms with Crippen molar-refractivity contribution in [1.82, 2.24) is 9.96 Å². The highest BCUT2D eigenvalue weighted by molar-refractivity contribution is 7.14. The van der Waals surface area contributed by atoms with Crippen LogP contribution >= 0.6 is 11.3 Å². The summed E-state index contributed by atoms with van der Waals surface area (Å²) in [6.45, 7) is 2.86. The molecule has 0 bridgehead atoms. The van der Waals surface area contributed by atoms with Gasteiger partial charge in [-0.05, 0) is 13.3 Å². The average molecular weight is 325 g/mol. The minimum atomic E-state index is -0.870. The summed E-state index contributed by atoms with van der Waals surface area (Å²) in [6, 6.07) is 0. The van der Waals surface area contributed by atoms with Crippen LogP contribution in [0.15, 0.2) is 5.38 Å². The van der Waals surface area contributed by atoms with Crippen molar-refractivity contribution in [1.29, 1.82) is 0 Å². The van der Waals surface area contributed by atoms with Gasteiger partial charge in [0, 0.05) is 24.5 Å². The first-order valence-corrected chi connectivity index (χ1v) is 8.00. The summed E-state index contributed by atoms with van der Waals surface area (Å²) < 4.78 is 4.98. The molecule has 0 radical (unpaired) electrons. The third-order valence-electron chi connectivity index (χ3n) is 4.30. The Bertz CT molecular complexity index is 617. The monoisotopic (exact) mass is 325 g/mol. The largest absolute Gasteiger partial charge is 0.403 e. The highest BCUT2D eigenvalue weighted by Gasteiger charge is 2.51. The number of anilines is 1. The van der Waals surface area contributed by atoms with E-state index in [2.05, 4.69) is 0 Å². The van der Waals surface area contributed by atoms with Gasteiger partial charge in [0.1, 0.15) is 5.54 Å². The molecule has 1 aromatic rings. The number of hydroxylamine groups is 2. The second kappa shape index (κ2) is 5.53. The fourth-order valence-corrected chi connectivity index (χ4v) is 3.55. The molecule has 0 saturated carbocycles. The topological polar surface area (TPSA) is 85.1 Å². The summed E-state index contributed by atoms with van der Waals surface area (Å²) in [4.78, 5) is 31.9. The van der Waals surface area contributed by atoms with Crippen LogP contribution in [0.3, 0.4) is 0 Å². The van der Waals surface area contributed by atoms with Gasteiger partial charge >= 0.3 is 0 Å². The van der Waals surface area contributed by atoms with Crippen LogP contribution in [0.4, 0.5) is 5.00 Å². The standard InChI is InChI=1S/C14H19N3O4S/c1-14(17-7-9-10(21-17)8-22-12(9)15)4-3-11(18)16(13(14)19)5-6-20-2/h8H,3-7,15H2,1-2H3. The van der Waals surface area contributed by atoms with Gasteiger partial charge in [0.2, 0.25) is 5.91 Å². The van der Waals surface area contributed by atoms with E-state index in [9.17, 15) is 9.59 Å². The number of imide groups is 1. The minimum absolute atomic E-state index is 0.160. The molecule has 2 aliphatic rings.